The van der Waals surface area contributed by atoms with Gasteiger partial charge in [-0.2, -0.15) is 8.42 Å². The number of hydrogen-bond donors (Lipinski definition) is 3. The van der Waals surface area contributed by atoms with Crippen LogP contribution < -0.4 is 5.32 Å². The summed E-state index contributed by atoms with van der Waals surface area (Å²) in [5.74, 6) is 0. The second-order valence-electron chi connectivity index (χ2n) is 2.90. The molecule has 0 bridgehead atoms. The van der Waals surface area contributed by atoms with E-state index in [1.54, 1.807) is 0 Å². The molecule has 0 unspecified atom stereocenters. The molecular weight excluding hydrogens is 206 g/mol. The predicted octanol–water partition coefficient (Wildman–Crippen LogP) is 1.52. The zero-order chi connectivity index (χ0) is 11.4. The molecule has 88 valence electrons. The summed E-state index contributed by atoms with van der Waals surface area (Å²) in [5.41, 5.74) is 0. The molecule has 14 heavy (non-hydrogen) atoms. The molecule has 3 N–H and O–H groups in total. The van der Waals surface area contributed by atoms with Crippen LogP contribution >= 0.6 is 0 Å². The van der Waals surface area contributed by atoms with Crippen LogP contribution in [0.2, 0.25) is 0 Å². The van der Waals surface area contributed by atoms with Crippen LogP contribution in [0.3, 0.4) is 0 Å². The minimum Gasteiger partial charge on any atom is -0.317 e. The van der Waals surface area contributed by atoms with Gasteiger partial charge >= 0.3 is 10.4 Å². The third kappa shape index (κ3) is 40.8. The number of nitrogens with one attached hydrogen (secondary N) is 1. The van der Waals surface area contributed by atoms with Crippen LogP contribution in [-0.2, 0) is 10.4 Å². The van der Waals surface area contributed by atoms with Gasteiger partial charge in [-0.3, -0.25) is 9.11 Å². The summed E-state index contributed by atoms with van der Waals surface area (Å²) in [6, 6.07) is 0. The fourth-order valence-electron chi connectivity index (χ4n) is 0.729. The van der Waals surface area contributed by atoms with Gasteiger partial charge in [0.1, 0.15) is 0 Å². The Kier molecular flexibility index (Phi) is 12.7. The van der Waals surface area contributed by atoms with Gasteiger partial charge in [0.25, 0.3) is 0 Å². The Bertz CT molecular complexity index is 178. The lowest BCUT2D eigenvalue weighted by atomic mass is 10.3. The first-order valence-electron chi connectivity index (χ1n) is 4.82. The first-order chi connectivity index (χ1) is 6.41. The van der Waals surface area contributed by atoms with E-state index in [2.05, 4.69) is 19.2 Å². The lowest BCUT2D eigenvalue weighted by Crippen LogP contribution is -2.15. The summed E-state index contributed by atoms with van der Waals surface area (Å²) in [5, 5.41) is 3.39. The van der Waals surface area contributed by atoms with E-state index in [0.29, 0.717) is 0 Å². The van der Waals surface area contributed by atoms with Gasteiger partial charge < -0.3 is 5.32 Å². The Morgan fingerprint density at radius 1 is 1.00 bits per heavy atom. The number of hydrogen-bond acceptors (Lipinski definition) is 3. The van der Waals surface area contributed by atoms with E-state index >= 15 is 0 Å². The summed E-state index contributed by atoms with van der Waals surface area (Å²) in [6.07, 6.45) is 5.26. The third-order valence-corrected chi connectivity index (χ3v) is 1.41. The summed E-state index contributed by atoms with van der Waals surface area (Å²) in [6.45, 7) is 6.86. The van der Waals surface area contributed by atoms with Gasteiger partial charge in [-0.15, -0.1) is 0 Å². The Morgan fingerprint density at radius 3 is 1.50 bits per heavy atom. The Balaban J connectivity index is 0. The van der Waals surface area contributed by atoms with E-state index in [1.165, 1.54) is 38.8 Å². The van der Waals surface area contributed by atoms with E-state index in [1.807, 2.05) is 0 Å². The summed E-state index contributed by atoms with van der Waals surface area (Å²) >= 11 is 0. The lowest BCUT2D eigenvalue weighted by molar-refractivity contribution is 0.381. The molecule has 0 aliphatic heterocycles. The number of unbranched alkanes of at least 4 members (excludes halogenated alkanes) is 2. The normalized spacial score (nSPS) is 10.6. The van der Waals surface area contributed by atoms with Crippen molar-refractivity contribution < 1.29 is 17.5 Å². The molecule has 0 amide bonds. The number of rotatable bonds is 6. The Morgan fingerprint density at radius 2 is 1.29 bits per heavy atom. The van der Waals surface area contributed by atoms with Crippen LogP contribution in [0.25, 0.3) is 0 Å². The maximum atomic E-state index is 8.74. The molecule has 0 radical (unpaired) electrons. The SMILES string of the molecule is CCCCNCCCC.O=S(=O)(O)O. The highest BCUT2D eigenvalue weighted by atomic mass is 32.3. The van der Waals surface area contributed by atoms with Crippen LogP contribution in [0, 0.1) is 0 Å². The largest absolute Gasteiger partial charge is 0.394 e. The van der Waals surface area contributed by atoms with Crippen molar-refractivity contribution in [3.8, 4) is 0 Å². The molecule has 0 saturated heterocycles. The van der Waals surface area contributed by atoms with Crippen molar-refractivity contribution >= 4 is 10.4 Å². The highest BCUT2D eigenvalue weighted by Crippen LogP contribution is 1.85. The van der Waals surface area contributed by atoms with Crippen molar-refractivity contribution in [2.24, 2.45) is 0 Å². The smallest absolute Gasteiger partial charge is 0.317 e. The van der Waals surface area contributed by atoms with Crippen molar-refractivity contribution in [1.29, 1.82) is 0 Å². The Hall–Kier alpha value is -0.170. The van der Waals surface area contributed by atoms with Gasteiger partial charge in [0.05, 0.1) is 0 Å². The van der Waals surface area contributed by atoms with Crippen molar-refractivity contribution in [3.05, 3.63) is 0 Å². The van der Waals surface area contributed by atoms with Crippen LogP contribution in [0.4, 0.5) is 0 Å². The van der Waals surface area contributed by atoms with Gasteiger partial charge in [0.2, 0.25) is 0 Å². The van der Waals surface area contributed by atoms with Crippen molar-refractivity contribution in [1.82, 2.24) is 5.32 Å². The average molecular weight is 227 g/mol. The quantitative estimate of drug-likeness (QED) is 0.473. The van der Waals surface area contributed by atoms with Gasteiger partial charge in [0, 0.05) is 0 Å². The van der Waals surface area contributed by atoms with E-state index in [9.17, 15) is 0 Å². The molecule has 0 aromatic heterocycles. The zero-order valence-electron chi connectivity index (χ0n) is 8.86. The van der Waals surface area contributed by atoms with Gasteiger partial charge in [-0.1, -0.05) is 26.7 Å². The van der Waals surface area contributed by atoms with Crippen molar-refractivity contribution in [2.45, 2.75) is 39.5 Å². The average Bonchev–Trinajstić information content (AvgIpc) is 2.01. The van der Waals surface area contributed by atoms with Crippen LogP contribution in [0.5, 0.6) is 0 Å². The molecule has 0 saturated carbocycles. The molecule has 0 aliphatic rings. The van der Waals surface area contributed by atoms with Crippen LogP contribution in [0.15, 0.2) is 0 Å². The molecule has 0 spiro atoms. The molecule has 0 heterocycles. The highest BCUT2D eigenvalue weighted by molar-refractivity contribution is 7.79. The zero-order valence-corrected chi connectivity index (χ0v) is 9.68. The first kappa shape index (κ1) is 16.3. The standard InChI is InChI=1S/C8H19N.H2O4S/c1-3-5-7-9-8-6-4-2;1-5(2,3)4/h9H,3-8H2,1-2H3;(H2,1,2,3,4). The summed E-state index contributed by atoms with van der Waals surface area (Å²) in [4.78, 5) is 0. The molecule has 5 nitrogen and oxygen atoms in total. The van der Waals surface area contributed by atoms with Crippen molar-refractivity contribution in [3.63, 3.8) is 0 Å². The fourth-order valence-corrected chi connectivity index (χ4v) is 0.729. The minimum atomic E-state index is -4.67. The summed E-state index contributed by atoms with van der Waals surface area (Å²) in [7, 11) is -4.67. The van der Waals surface area contributed by atoms with Gasteiger partial charge in [-0.25, -0.2) is 0 Å². The first-order valence-corrected chi connectivity index (χ1v) is 6.22. The van der Waals surface area contributed by atoms with Gasteiger partial charge in [-0.05, 0) is 25.9 Å². The molecule has 0 atom stereocenters. The fraction of sp³-hybridized carbons (Fsp3) is 1.00. The second kappa shape index (κ2) is 10.9. The third-order valence-electron chi connectivity index (χ3n) is 1.41. The van der Waals surface area contributed by atoms with E-state index in [-0.39, 0.29) is 0 Å². The predicted molar refractivity (Wildman–Crippen MR) is 56.9 cm³/mol. The van der Waals surface area contributed by atoms with E-state index in [4.69, 9.17) is 17.5 Å². The molecule has 0 rings (SSSR count). The van der Waals surface area contributed by atoms with E-state index < -0.39 is 10.4 Å². The molecular formula is C8H21NO4S. The highest BCUT2D eigenvalue weighted by Gasteiger charge is 1.84. The molecule has 6 heteroatoms. The maximum absolute atomic E-state index is 8.74. The Labute approximate surface area is 86.5 Å². The van der Waals surface area contributed by atoms with Crippen LogP contribution in [0.1, 0.15) is 39.5 Å². The molecule has 0 aromatic carbocycles. The van der Waals surface area contributed by atoms with E-state index in [0.717, 1.165) is 0 Å². The van der Waals surface area contributed by atoms with Crippen molar-refractivity contribution in [2.75, 3.05) is 13.1 Å². The molecule has 0 fully saturated rings. The second-order valence-corrected chi connectivity index (χ2v) is 3.80. The van der Waals surface area contributed by atoms with Crippen LogP contribution in [-0.4, -0.2) is 30.6 Å². The maximum Gasteiger partial charge on any atom is 0.394 e. The monoisotopic (exact) mass is 227 g/mol. The minimum absolute atomic E-state index is 1.20. The molecule has 0 aromatic rings. The topological polar surface area (TPSA) is 86.6 Å². The molecule has 0 aliphatic carbocycles. The van der Waals surface area contributed by atoms with Gasteiger partial charge in [0.15, 0.2) is 0 Å². The summed E-state index contributed by atoms with van der Waals surface area (Å²) < 4.78 is 31.6. The lowest BCUT2D eigenvalue weighted by Gasteiger charge is -1.99.